The molecule has 0 aliphatic carbocycles. The van der Waals surface area contributed by atoms with E-state index in [1.165, 1.54) is 12.3 Å². The fraction of sp³-hybridized carbons (Fsp3) is 0.765. The fourth-order valence-corrected chi connectivity index (χ4v) is 2.28. The van der Waals surface area contributed by atoms with Crippen molar-refractivity contribution in [3.63, 3.8) is 0 Å². The summed E-state index contributed by atoms with van der Waals surface area (Å²) >= 11 is 0. The zero-order valence-electron chi connectivity index (χ0n) is 15.1. The number of aliphatic hydroxyl groups excluding tert-OH is 1. The number of amides is 2. The van der Waals surface area contributed by atoms with Gasteiger partial charge in [-0.25, -0.2) is 0 Å². The number of carbonyl (C=O) groups is 2. The van der Waals surface area contributed by atoms with Gasteiger partial charge in [-0.05, 0) is 33.1 Å². The van der Waals surface area contributed by atoms with E-state index in [4.69, 9.17) is 14.6 Å². The molecule has 7 heteroatoms. The van der Waals surface area contributed by atoms with Gasteiger partial charge >= 0.3 is 0 Å². The van der Waals surface area contributed by atoms with Gasteiger partial charge in [-0.2, -0.15) is 0 Å². The molecule has 1 rings (SSSR count). The van der Waals surface area contributed by atoms with E-state index in [2.05, 4.69) is 10.6 Å². The average Bonchev–Trinajstić information content (AvgIpc) is 2.50. The predicted octanol–water partition coefficient (Wildman–Crippen LogP) is 1.07. The first-order valence-electron chi connectivity index (χ1n) is 8.35. The number of hydrogen-bond donors (Lipinski definition) is 3. The molecule has 0 radical (unpaired) electrons. The van der Waals surface area contributed by atoms with E-state index in [9.17, 15) is 9.59 Å². The molecular formula is C17H30N2O5. The third-order valence-electron chi connectivity index (χ3n) is 3.74. The lowest BCUT2D eigenvalue weighted by atomic mass is 9.85. The number of aliphatic hydroxyl groups is 1. The van der Waals surface area contributed by atoms with Crippen LogP contribution in [-0.2, 0) is 19.1 Å². The highest BCUT2D eigenvalue weighted by Gasteiger charge is 2.45. The number of nitrogens with one attached hydrogen (secondary N) is 2. The summed E-state index contributed by atoms with van der Waals surface area (Å²) in [6, 6.07) is 0. The maximum Gasteiger partial charge on any atom is 0.253 e. The summed E-state index contributed by atoms with van der Waals surface area (Å²) in [6.45, 7) is 8.45. The molecule has 0 bridgehead atoms. The van der Waals surface area contributed by atoms with E-state index in [1.807, 2.05) is 13.8 Å². The van der Waals surface area contributed by atoms with Crippen molar-refractivity contribution in [2.45, 2.75) is 58.8 Å². The molecule has 1 heterocycles. The molecule has 24 heavy (non-hydrogen) atoms. The largest absolute Gasteiger partial charge is 0.396 e. The zero-order chi connectivity index (χ0) is 18.2. The summed E-state index contributed by atoms with van der Waals surface area (Å²) < 4.78 is 11.3. The third kappa shape index (κ3) is 6.98. The van der Waals surface area contributed by atoms with Gasteiger partial charge < -0.3 is 25.2 Å². The lowest BCUT2D eigenvalue weighted by molar-refractivity contribution is -0.303. The van der Waals surface area contributed by atoms with E-state index < -0.39 is 17.3 Å². The van der Waals surface area contributed by atoms with Crippen LogP contribution in [0.15, 0.2) is 12.3 Å². The van der Waals surface area contributed by atoms with Crippen molar-refractivity contribution in [3.05, 3.63) is 12.3 Å². The first-order valence-corrected chi connectivity index (χ1v) is 8.35. The summed E-state index contributed by atoms with van der Waals surface area (Å²) in [5.41, 5.74) is -0.456. The van der Waals surface area contributed by atoms with Gasteiger partial charge in [0.2, 0.25) is 5.91 Å². The van der Waals surface area contributed by atoms with Crippen LogP contribution in [0.3, 0.4) is 0 Å². The number of hydrogen-bond acceptors (Lipinski definition) is 5. The van der Waals surface area contributed by atoms with E-state index in [1.54, 1.807) is 13.8 Å². The Balaban J connectivity index is 2.39. The maximum atomic E-state index is 12.3. The number of rotatable bonds is 8. The molecule has 1 aliphatic rings. The SMILES string of the molecule is CC1(C)OCC(C)(C)C(C(=O)N/C=C\C(=O)NCCCCCO)O1. The number of carbonyl (C=O) groups excluding carboxylic acids is 2. The Morgan fingerprint density at radius 3 is 2.58 bits per heavy atom. The Hall–Kier alpha value is -1.44. The second-order valence-electron chi connectivity index (χ2n) is 7.09. The van der Waals surface area contributed by atoms with Gasteiger partial charge in [0.05, 0.1) is 6.61 Å². The van der Waals surface area contributed by atoms with Crippen LogP contribution in [-0.4, -0.2) is 48.6 Å². The van der Waals surface area contributed by atoms with Gasteiger partial charge in [0.25, 0.3) is 5.91 Å². The van der Waals surface area contributed by atoms with Gasteiger partial charge in [-0.1, -0.05) is 13.8 Å². The van der Waals surface area contributed by atoms with E-state index in [0.29, 0.717) is 13.2 Å². The zero-order valence-corrected chi connectivity index (χ0v) is 15.1. The van der Waals surface area contributed by atoms with Gasteiger partial charge in [-0.3, -0.25) is 9.59 Å². The molecule has 7 nitrogen and oxygen atoms in total. The molecule has 1 aliphatic heterocycles. The minimum absolute atomic E-state index is 0.168. The Labute approximate surface area is 143 Å². The second-order valence-corrected chi connectivity index (χ2v) is 7.09. The van der Waals surface area contributed by atoms with Crippen molar-refractivity contribution in [1.29, 1.82) is 0 Å². The molecule has 0 aromatic heterocycles. The highest BCUT2D eigenvalue weighted by molar-refractivity contribution is 5.89. The van der Waals surface area contributed by atoms with Crippen LogP contribution in [0.5, 0.6) is 0 Å². The topological polar surface area (TPSA) is 96.9 Å². The normalized spacial score (nSPS) is 22.3. The molecule has 3 N–H and O–H groups in total. The summed E-state index contributed by atoms with van der Waals surface area (Å²) in [6.07, 6.45) is 4.36. The lowest BCUT2D eigenvalue weighted by Crippen LogP contribution is -2.55. The molecule has 1 unspecified atom stereocenters. The molecule has 0 spiro atoms. The summed E-state index contributed by atoms with van der Waals surface area (Å²) in [5.74, 6) is -1.39. The molecule has 138 valence electrons. The van der Waals surface area contributed by atoms with Crippen LogP contribution in [0.25, 0.3) is 0 Å². The van der Waals surface area contributed by atoms with Crippen molar-refractivity contribution in [2.75, 3.05) is 19.8 Å². The highest BCUT2D eigenvalue weighted by Crippen LogP contribution is 2.34. The molecule has 2 amide bonds. The molecule has 1 saturated heterocycles. The fourth-order valence-electron chi connectivity index (χ4n) is 2.28. The Bertz CT molecular complexity index is 460. The summed E-state index contributed by atoms with van der Waals surface area (Å²) in [7, 11) is 0. The van der Waals surface area contributed by atoms with Crippen LogP contribution in [0, 0.1) is 5.41 Å². The standard InChI is InChI=1S/C17H30N2O5/c1-16(2)12-23-17(3,4)24-14(16)15(22)19-10-8-13(21)18-9-6-5-7-11-20/h8,10,14,20H,5-7,9,11-12H2,1-4H3,(H,18,21)(H,19,22)/b10-8-. The van der Waals surface area contributed by atoms with Gasteiger partial charge in [-0.15, -0.1) is 0 Å². The predicted molar refractivity (Wildman–Crippen MR) is 89.9 cm³/mol. The first kappa shape index (κ1) is 20.6. The smallest absolute Gasteiger partial charge is 0.253 e. The molecule has 1 fully saturated rings. The van der Waals surface area contributed by atoms with E-state index in [-0.39, 0.29) is 18.4 Å². The second kappa shape index (κ2) is 9.15. The van der Waals surface area contributed by atoms with Crippen molar-refractivity contribution in [1.82, 2.24) is 10.6 Å². The molecule has 0 saturated carbocycles. The minimum atomic E-state index is -0.812. The average molecular weight is 342 g/mol. The van der Waals surface area contributed by atoms with E-state index >= 15 is 0 Å². The molecule has 0 aromatic rings. The first-order chi connectivity index (χ1) is 11.2. The van der Waals surface area contributed by atoms with Crippen molar-refractivity contribution < 1.29 is 24.2 Å². The van der Waals surface area contributed by atoms with Crippen LogP contribution < -0.4 is 10.6 Å². The highest BCUT2D eigenvalue weighted by atomic mass is 16.7. The minimum Gasteiger partial charge on any atom is -0.396 e. The van der Waals surface area contributed by atoms with Crippen LogP contribution in [0.4, 0.5) is 0 Å². The Kier molecular flexibility index (Phi) is 7.86. The van der Waals surface area contributed by atoms with Crippen LogP contribution >= 0.6 is 0 Å². The van der Waals surface area contributed by atoms with Gasteiger partial charge in [0.1, 0.15) is 6.10 Å². The van der Waals surface area contributed by atoms with Crippen LogP contribution in [0.2, 0.25) is 0 Å². The van der Waals surface area contributed by atoms with Gasteiger partial charge in [0.15, 0.2) is 5.79 Å². The van der Waals surface area contributed by atoms with Crippen molar-refractivity contribution >= 4 is 11.8 Å². The number of ether oxygens (including phenoxy) is 2. The Morgan fingerprint density at radius 1 is 1.21 bits per heavy atom. The Morgan fingerprint density at radius 2 is 1.92 bits per heavy atom. The molecular weight excluding hydrogens is 312 g/mol. The monoisotopic (exact) mass is 342 g/mol. The van der Waals surface area contributed by atoms with Crippen molar-refractivity contribution in [3.8, 4) is 0 Å². The maximum absolute atomic E-state index is 12.3. The quantitative estimate of drug-likeness (QED) is 0.453. The third-order valence-corrected chi connectivity index (χ3v) is 3.74. The van der Waals surface area contributed by atoms with Crippen molar-refractivity contribution in [2.24, 2.45) is 5.41 Å². The summed E-state index contributed by atoms with van der Waals surface area (Å²) in [5, 5.41) is 14.0. The summed E-state index contributed by atoms with van der Waals surface area (Å²) in [4.78, 5) is 23.9. The molecule has 0 aromatic carbocycles. The van der Waals surface area contributed by atoms with Crippen LogP contribution in [0.1, 0.15) is 47.0 Å². The lowest BCUT2D eigenvalue weighted by Gasteiger charge is -2.44. The molecule has 1 atom stereocenters. The number of unbranched alkanes of at least 4 members (excludes halogenated alkanes) is 2. The van der Waals surface area contributed by atoms with Gasteiger partial charge in [0, 0.05) is 30.8 Å². The van der Waals surface area contributed by atoms with E-state index in [0.717, 1.165) is 19.3 Å².